The fraction of sp³-hybridized carbons (Fsp3) is 0.0588. The predicted molar refractivity (Wildman–Crippen MR) is 76.0 cm³/mol. The Balaban J connectivity index is 2.49. The van der Waals surface area contributed by atoms with Crippen LogP contribution < -0.4 is 0 Å². The zero-order chi connectivity index (χ0) is 16.2. The number of halogens is 3. The summed E-state index contributed by atoms with van der Waals surface area (Å²) >= 11 is 0. The van der Waals surface area contributed by atoms with Gasteiger partial charge in [0.25, 0.3) is 0 Å². The molecular weight excluding hydrogens is 291 g/mol. The molecule has 0 saturated heterocycles. The summed E-state index contributed by atoms with van der Waals surface area (Å²) in [5.74, 6) is -1.10. The molecule has 0 bridgehead atoms. The van der Waals surface area contributed by atoms with E-state index < -0.39 is 17.5 Å². The Bertz CT molecular complexity index is 755. The number of allylic oxidation sites excluding steroid dienone is 1. The summed E-state index contributed by atoms with van der Waals surface area (Å²) in [5.41, 5.74) is -0.936. The highest BCUT2D eigenvalue weighted by Gasteiger charge is 2.38. The van der Waals surface area contributed by atoms with Crippen LogP contribution in [-0.4, -0.2) is 12.0 Å². The molecule has 0 aliphatic carbocycles. The molecule has 2 rings (SSSR count). The van der Waals surface area contributed by atoms with Crippen LogP contribution in [0.15, 0.2) is 60.2 Å². The van der Waals surface area contributed by atoms with E-state index in [0.717, 1.165) is 6.08 Å². The molecule has 0 aliphatic rings. The number of benzene rings is 2. The average molecular weight is 301 g/mol. The molecule has 0 saturated carbocycles. The molecule has 0 atom stereocenters. The third-order valence-electron chi connectivity index (χ3n) is 2.91. The van der Waals surface area contributed by atoms with Crippen LogP contribution >= 0.6 is 0 Å². The third-order valence-corrected chi connectivity index (χ3v) is 2.91. The van der Waals surface area contributed by atoms with Crippen molar-refractivity contribution in [1.29, 1.82) is 5.26 Å². The van der Waals surface area contributed by atoms with E-state index in [1.165, 1.54) is 48.5 Å². The van der Waals surface area contributed by atoms with Crippen molar-refractivity contribution in [2.75, 3.05) is 0 Å². The molecule has 0 fully saturated rings. The van der Waals surface area contributed by atoms with E-state index in [4.69, 9.17) is 5.26 Å². The molecule has 0 aliphatic heterocycles. The minimum atomic E-state index is -4.78. The monoisotopic (exact) mass is 301 g/mol. The number of hydrogen-bond acceptors (Lipinski definition) is 2. The number of Topliss-reactive ketones (excluding diaryl/α,β-unsaturated/α-hetero) is 1. The van der Waals surface area contributed by atoms with Crippen LogP contribution in [0.4, 0.5) is 13.2 Å². The van der Waals surface area contributed by atoms with Crippen LogP contribution in [-0.2, 0) is 0 Å². The zero-order valence-corrected chi connectivity index (χ0v) is 11.3. The van der Waals surface area contributed by atoms with Gasteiger partial charge in [-0.3, -0.25) is 4.79 Å². The summed E-state index contributed by atoms with van der Waals surface area (Å²) in [6, 6.07) is 14.8. The van der Waals surface area contributed by atoms with Crippen LogP contribution in [0.25, 0.3) is 6.08 Å². The van der Waals surface area contributed by atoms with Crippen molar-refractivity contribution < 1.29 is 18.0 Å². The number of alkyl halides is 3. The van der Waals surface area contributed by atoms with Crippen molar-refractivity contribution in [1.82, 2.24) is 0 Å². The van der Waals surface area contributed by atoms with Gasteiger partial charge in [0.1, 0.15) is 5.57 Å². The van der Waals surface area contributed by atoms with Gasteiger partial charge in [0.15, 0.2) is 5.78 Å². The lowest BCUT2D eigenvalue weighted by molar-refractivity contribution is -0.0878. The molecule has 5 heteroatoms. The minimum absolute atomic E-state index is 0.0393. The summed E-state index contributed by atoms with van der Waals surface area (Å²) in [6.45, 7) is 0. The quantitative estimate of drug-likeness (QED) is 0.623. The Morgan fingerprint density at radius 2 is 1.73 bits per heavy atom. The van der Waals surface area contributed by atoms with Gasteiger partial charge < -0.3 is 0 Å². The number of carbonyl (C=O) groups is 1. The molecule has 0 spiro atoms. The van der Waals surface area contributed by atoms with Crippen molar-refractivity contribution in [2.24, 2.45) is 0 Å². The number of nitriles is 1. The Hall–Kier alpha value is -2.87. The van der Waals surface area contributed by atoms with E-state index >= 15 is 0 Å². The molecule has 2 aromatic rings. The number of hydrogen-bond donors (Lipinski definition) is 0. The Morgan fingerprint density at radius 1 is 1.05 bits per heavy atom. The number of carbonyl (C=O) groups excluding carboxylic acids is 1. The first kappa shape index (κ1) is 15.5. The first-order valence-corrected chi connectivity index (χ1v) is 6.30. The SMILES string of the molecule is N#Cc1cccc(/C=C(/C(=O)c2ccccc2)C(F)(F)F)c1. The van der Waals surface area contributed by atoms with Crippen molar-refractivity contribution >= 4 is 11.9 Å². The molecule has 22 heavy (non-hydrogen) atoms. The maximum atomic E-state index is 13.2. The van der Waals surface area contributed by atoms with Gasteiger partial charge in [-0.25, -0.2) is 0 Å². The zero-order valence-electron chi connectivity index (χ0n) is 11.3. The lowest BCUT2D eigenvalue weighted by Crippen LogP contribution is -2.20. The summed E-state index contributed by atoms with van der Waals surface area (Å²) < 4.78 is 39.5. The topological polar surface area (TPSA) is 40.9 Å². The van der Waals surface area contributed by atoms with Gasteiger partial charge in [0.05, 0.1) is 11.6 Å². The second kappa shape index (κ2) is 6.27. The van der Waals surface area contributed by atoms with Crippen molar-refractivity contribution in [3.8, 4) is 6.07 Å². The fourth-order valence-electron chi connectivity index (χ4n) is 1.89. The lowest BCUT2D eigenvalue weighted by Gasteiger charge is -2.11. The molecule has 0 N–H and O–H groups in total. The largest absolute Gasteiger partial charge is 0.420 e. The third kappa shape index (κ3) is 3.61. The Labute approximate surface area is 125 Å². The molecule has 0 radical (unpaired) electrons. The predicted octanol–water partition coefficient (Wildman–Crippen LogP) is 4.39. The van der Waals surface area contributed by atoms with Gasteiger partial charge in [-0.2, -0.15) is 18.4 Å². The molecule has 0 aromatic heterocycles. The van der Waals surface area contributed by atoms with Crippen LogP contribution in [0.2, 0.25) is 0 Å². The minimum Gasteiger partial charge on any atom is -0.289 e. The fourth-order valence-corrected chi connectivity index (χ4v) is 1.89. The van der Waals surface area contributed by atoms with E-state index in [1.807, 2.05) is 6.07 Å². The highest BCUT2D eigenvalue weighted by molar-refractivity contribution is 6.12. The summed E-state index contributed by atoms with van der Waals surface area (Å²) in [6.07, 6.45) is -4.02. The molecule has 110 valence electrons. The van der Waals surface area contributed by atoms with E-state index in [1.54, 1.807) is 6.07 Å². The van der Waals surface area contributed by atoms with Crippen LogP contribution in [0.5, 0.6) is 0 Å². The molecule has 2 aromatic carbocycles. The van der Waals surface area contributed by atoms with Gasteiger partial charge in [0.2, 0.25) is 0 Å². The Kier molecular flexibility index (Phi) is 4.42. The van der Waals surface area contributed by atoms with E-state index in [9.17, 15) is 18.0 Å². The first-order valence-electron chi connectivity index (χ1n) is 6.30. The molecule has 0 heterocycles. The lowest BCUT2D eigenvalue weighted by atomic mass is 10.00. The molecule has 0 unspecified atom stereocenters. The van der Waals surface area contributed by atoms with Gasteiger partial charge in [-0.1, -0.05) is 42.5 Å². The van der Waals surface area contributed by atoms with Crippen molar-refractivity contribution in [3.05, 3.63) is 76.9 Å². The number of rotatable bonds is 3. The maximum absolute atomic E-state index is 13.2. The molecule has 2 nitrogen and oxygen atoms in total. The highest BCUT2D eigenvalue weighted by atomic mass is 19.4. The Morgan fingerprint density at radius 3 is 2.32 bits per heavy atom. The number of ketones is 1. The van der Waals surface area contributed by atoms with Gasteiger partial charge in [-0.05, 0) is 23.8 Å². The standard InChI is InChI=1S/C17H10F3NO/c18-17(19,20)15(16(22)14-7-2-1-3-8-14)10-12-5-4-6-13(9-12)11-21/h1-10H/b15-10-. The summed E-state index contributed by atoms with van der Waals surface area (Å²) in [7, 11) is 0. The van der Waals surface area contributed by atoms with Gasteiger partial charge in [-0.15, -0.1) is 0 Å². The van der Waals surface area contributed by atoms with Gasteiger partial charge in [0, 0.05) is 5.56 Å². The van der Waals surface area contributed by atoms with E-state index in [2.05, 4.69) is 0 Å². The van der Waals surface area contributed by atoms with Gasteiger partial charge >= 0.3 is 6.18 Å². The van der Waals surface area contributed by atoms with Crippen LogP contribution in [0, 0.1) is 11.3 Å². The highest BCUT2D eigenvalue weighted by Crippen LogP contribution is 2.30. The van der Waals surface area contributed by atoms with Crippen molar-refractivity contribution in [2.45, 2.75) is 6.18 Å². The van der Waals surface area contributed by atoms with Crippen molar-refractivity contribution in [3.63, 3.8) is 0 Å². The normalized spacial score (nSPS) is 11.8. The smallest absolute Gasteiger partial charge is 0.289 e. The number of nitrogens with zero attached hydrogens (tertiary/aromatic N) is 1. The maximum Gasteiger partial charge on any atom is 0.420 e. The summed E-state index contributed by atoms with van der Waals surface area (Å²) in [5, 5.41) is 8.78. The van der Waals surface area contributed by atoms with E-state index in [-0.39, 0.29) is 16.7 Å². The van der Waals surface area contributed by atoms with Crippen LogP contribution in [0.3, 0.4) is 0 Å². The molecule has 0 amide bonds. The summed E-state index contributed by atoms with van der Waals surface area (Å²) in [4.78, 5) is 12.1. The van der Waals surface area contributed by atoms with E-state index in [0.29, 0.717) is 0 Å². The second-order valence-electron chi connectivity index (χ2n) is 4.49. The second-order valence-corrected chi connectivity index (χ2v) is 4.49. The molecular formula is C17H10F3NO. The average Bonchev–Trinajstić information content (AvgIpc) is 2.52. The van der Waals surface area contributed by atoms with Crippen LogP contribution in [0.1, 0.15) is 21.5 Å². The first-order chi connectivity index (χ1) is 10.4.